The number of imidazole rings is 1. The third kappa shape index (κ3) is 1.30. The molecular formula is C15H18N3+. The molecule has 0 amide bonds. The molecule has 2 aromatic heterocycles. The molecular weight excluding hydrogens is 222 g/mol. The normalized spacial score (nSPS) is 11.6. The highest BCUT2D eigenvalue weighted by Gasteiger charge is 2.21. The highest BCUT2D eigenvalue weighted by atomic mass is 15.2. The average molecular weight is 240 g/mol. The number of aromatic nitrogens is 3. The molecule has 0 aliphatic carbocycles. The maximum absolute atomic E-state index is 4.77. The lowest BCUT2D eigenvalue weighted by Crippen LogP contribution is -2.28. The van der Waals surface area contributed by atoms with Gasteiger partial charge in [-0.1, -0.05) is 24.0 Å². The second-order valence-corrected chi connectivity index (χ2v) is 4.80. The Hall–Kier alpha value is -1.90. The van der Waals surface area contributed by atoms with Crippen LogP contribution in [0.4, 0.5) is 0 Å². The molecule has 18 heavy (non-hydrogen) atoms. The van der Waals surface area contributed by atoms with Gasteiger partial charge in [0.2, 0.25) is 0 Å². The van der Waals surface area contributed by atoms with Crippen molar-refractivity contribution >= 4 is 16.8 Å². The molecule has 0 N–H and O–H groups in total. The van der Waals surface area contributed by atoms with Crippen molar-refractivity contribution in [2.24, 2.45) is 7.05 Å². The van der Waals surface area contributed by atoms with Gasteiger partial charge in [-0.3, -0.25) is 0 Å². The van der Waals surface area contributed by atoms with Gasteiger partial charge in [-0.05, 0) is 32.4 Å². The highest BCUT2D eigenvalue weighted by molar-refractivity contribution is 5.75. The van der Waals surface area contributed by atoms with E-state index in [-0.39, 0.29) is 0 Å². The molecule has 0 radical (unpaired) electrons. The van der Waals surface area contributed by atoms with E-state index >= 15 is 0 Å². The van der Waals surface area contributed by atoms with Gasteiger partial charge < -0.3 is 0 Å². The number of hydrogen-bond acceptors (Lipinski definition) is 1. The van der Waals surface area contributed by atoms with Crippen LogP contribution in [0.2, 0.25) is 0 Å². The summed E-state index contributed by atoms with van der Waals surface area (Å²) in [5.41, 5.74) is 6.25. The van der Waals surface area contributed by atoms with Crippen molar-refractivity contribution in [2.75, 3.05) is 0 Å². The minimum Gasteiger partial charge on any atom is -0.227 e. The summed E-state index contributed by atoms with van der Waals surface area (Å²) in [5, 5.41) is 0. The summed E-state index contributed by atoms with van der Waals surface area (Å²) >= 11 is 0. The van der Waals surface area contributed by atoms with Crippen molar-refractivity contribution in [1.82, 2.24) is 9.38 Å². The lowest BCUT2D eigenvalue weighted by molar-refractivity contribution is -0.620. The standard InChI is InChI=1S/C15H18N3/c1-5-12-10(2)16-15-17(4)13-8-6-7-9-14(13)18(15)11(12)3/h6-9H,5H2,1-4H3/q+1. The molecule has 0 bridgehead atoms. The molecule has 0 unspecified atom stereocenters. The number of para-hydroxylation sites is 2. The Bertz CT molecular complexity index is 753. The molecule has 0 spiro atoms. The Kier molecular flexibility index (Phi) is 2.37. The molecule has 92 valence electrons. The van der Waals surface area contributed by atoms with Gasteiger partial charge in [0.1, 0.15) is 16.7 Å². The summed E-state index contributed by atoms with van der Waals surface area (Å²) < 4.78 is 4.43. The molecule has 3 heteroatoms. The second kappa shape index (κ2) is 3.80. The minimum atomic E-state index is 1.02. The first kappa shape index (κ1) is 11.2. The van der Waals surface area contributed by atoms with E-state index in [1.54, 1.807) is 0 Å². The van der Waals surface area contributed by atoms with E-state index in [2.05, 4.69) is 61.1 Å². The number of rotatable bonds is 1. The summed E-state index contributed by atoms with van der Waals surface area (Å²) in [6.07, 6.45) is 1.02. The fourth-order valence-electron chi connectivity index (χ4n) is 2.88. The molecule has 0 aliphatic rings. The third-order valence-electron chi connectivity index (χ3n) is 3.81. The van der Waals surface area contributed by atoms with Crippen molar-refractivity contribution in [2.45, 2.75) is 27.2 Å². The average Bonchev–Trinajstić information content (AvgIpc) is 2.64. The van der Waals surface area contributed by atoms with Crippen molar-refractivity contribution in [3.8, 4) is 0 Å². The summed E-state index contributed by atoms with van der Waals surface area (Å²) in [4.78, 5) is 4.77. The van der Waals surface area contributed by atoms with Crippen molar-refractivity contribution in [3.05, 3.63) is 41.2 Å². The first-order valence-electron chi connectivity index (χ1n) is 6.40. The van der Waals surface area contributed by atoms with Crippen LogP contribution in [0.3, 0.4) is 0 Å². The Morgan fingerprint density at radius 3 is 2.67 bits per heavy atom. The van der Waals surface area contributed by atoms with Crippen LogP contribution in [0.1, 0.15) is 23.9 Å². The van der Waals surface area contributed by atoms with Gasteiger partial charge in [0.05, 0.1) is 12.7 Å². The highest BCUT2D eigenvalue weighted by Crippen LogP contribution is 2.19. The molecule has 3 aromatic rings. The zero-order valence-corrected chi connectivity index (χ0v) is 11.4. The molecule has 0 saturated carbocycles. The Morgan fingerprint density at radius 2 is 1.94 bits per heavy atom. The van der Waals surface area contributed by atoms with Crippen molar-refractivity contribution in [3.63, 3.8) is 0 Å². The van der Waals surface area contributed by atoms with Crippen LogP contribution in [0, 0.1) is 13.8 Å². The van der Waals surface area contributed by atoms with Gasteiger partial charge >= 0.3 is 5.78 Å². The summed E-state index contributed by atoms with van der Waals surface area (Å²) in [5.74, 6) is 1.02. The number of hydrogen-bond donors (Lipinski definition) is 0. The second-order valence-electron chi connectivity index (χ2n) is 4.80. The Labute approximate surface area is 107 Å². The molecule has 0 saturated heterocycles. The van der Waals surface area contributed by atoms with Crippen LogP contribution in [-0.2, 0) is 13.5 Å². The van der Waals surface area contributed by atoms with Gasteiger partial charge in [0, 0.05) is 5.56 Å². The number of benzene rings is 1. The molecule has 0 fully saturated rings. The largest absolute Gasteiger partial charge is 0.404 e. The van der Waals surface area contributed by atoms with Gasteiger partial charge in [-0.2, -0.15) is 4.40 Å². The fourth-order valence-corrected chi connectivity index (χ4v) is 2.88. The summed E-state index contributed by atoms with van der Waals surface area (Å²) in [6.45, 7) is 6.48. The van der Waals surface area contributed by atoms with Crippen molar-refractivity contribution in [1.29, 1.82) is 0 Å². The van der Waals surface area contributed by atoms with E-state index in [9.17, 15) is 0 Å². The number of fused-ring (bicyclic) bond motifs is 3. The van der Waals surface area contributed by atoms with Crippen LogP contribution in [0.25, 0.3) is 16.8 Å². The van der Waals surface area contributed by atoms with E-state index in [4.69, 9.17) is 4.98 Å². The van der Waals surface area contributed by atoms with Crippen LogP contribution in [0.15, 0.2) is 24.3 Å². The van der Waals surface area contributed by atoms with E-state index in [1.165, 1.54) is 22.3 Å². The van der Waals surface area contributed by atoms with Gasteiger partial charge in [-0.15, -0.1) is 0 Å². The van der Waals surface area contributed by atoms with Gasteiger partial charge in [-0.25, -0.2) is 4.57 Å². The lowest BCUT2D eigenvalue weighted by Gasteiger charge is -2.03. The first-order chi connectivity index (χ1) is 8.65. The molecule has 2 heterocycles. The van der Waals surface area contributed by atoms with Crippen LogP contribution in [-0.4, -0.2) is 9.38 Å². The summed E-state index contributed by atoms with van der Waals surface area (Å²) in [6, 6.07) is 8.46. The van der Waals surface area contributed by atoms with Crippen LogP contribution >= 0.6 is 0 Å². The minimum absolute atomic E-state index is 1.02. The SMILES string of the molecule is CCc1c(C)nc2n(c1C)c1ccccc1[n+]2C. The van der Waals surface area contributed by atoms with Gasteiger partial charge in [0.25, 0.3) is 0 Å². The summed E-state index contributed by atoms with van der Waals surface area (Å²) in [7, 11) is 2.08. The van der Waals surface area contributed by atoms with E-state index < -0.39 is 0 Å². The zero-order valence-electron chi connectivity index (χ0n) is 11.4. The monoisotopic (exact) mass is 240 g/mol. The van der Waals surface area contributed by atoms with Crippen LogP contribution in [0.5, 0.6) is 0 Å². The predicted molar refractivity (Wildman–Crippen MR) is 72.7 cm³/mol. The van der Waals surface area contributed by atoms with Crippen LogP contribution < -0.4 is 4.57 Å². The lowest BCUT2D eigenvalue weighted by atomic mass is 10.1. The molecule has 1 aromatic carbocycles. The topological polar surface area (TPSA) is 21.2 Å². The smallest absolute Gasteiger partial charge is 0.227 e. The molecule has 0 atom stereocenters. The van der Waals surface area contributed by atoms with Crippen molar-refractivity contribution < 1.29 is 4.57 Å². The molecule has 0 aliphatic heterocycles. The number of nitrogens with zero attached hydrogens (tertiary/aromatic N) is 3. The third-order valence-corrected chi connectivity index (χ3v) is 3.81. The van der Waals surface area contributed by atoms with E-state index in [0.29, 0.717) is 0 Å². The van der Waals surface area contributed by atoms with Gasteiger partial charge in [0.15, 0.2) is 0 Å². The quantitative estimate of drug-likeness (QED) is 0.599. The van der Waals surface area contributed by atoms with E-state index in [1.807, 2.05) is 0 Å². The number of aryl methyl sites for hydroxylation is 3. The first-order valence-corrected chi connectivity index (χ1v) is 6.40. The predicted octanol–water partition coefficient (Wildman–Crippen LogP) is 2.49. The molecule has 3 rings (SSSR count). The fraction of sp³-hybridized carbons (Fsp3) is 0.333. The Balaban J connectivity index is 2.61. The van der Waals surface area contributed by atoms with E-state index in [0.717, 1.165) is 17.9 Å². The maximum atomic E-state index is 4.77. The zero-order chi connectivity index (χ0) is 12.9. The maximum Gasteiger partial charge on any atom is 0.404 e. The molecule has 3 nitrogen and oxygen atoms in total. The Morgan fingerprint density at radius 1 is 1.22 bits per heavy atom.